The van der Waals surface area contributed by atoms with Crippen LogP contribution >= 0.6 is 0 Å². The number of carbonyl (C=O) groups is 3. The number of amides is 4. The average Bonchev–Trinajstić information content (AvgIpc) is 3.09. The van der Waals surface area contributed by atoms with E-state index >= 15 is 0 Å². The Balaban J connectivity index is 1.25. The molecule has 1 saturated heterocycles. The zero-order chi connectivity index (χ0) is 22.7. The second-order valence-electron chi connectivity index (χ2n) is 8.26. The summed E-state index contributed by atoms with van der Waals surface area (Å²) in [7, 11) is 0. The molecular formula is C24H27N3O5. The van der Waals surface area contributed by atoms with Crippen LogP contribution in [0, 0.1) is 0 Å². The van der Waals surface area contributed by atoms with Crippen molar-refractivity contribution in [2.75, 3.05) is 18.1 Å². The van der Waals surface area contributed by atoms with Gasteiger partial charge in [-0.05, 0) is 42.2 Å². The van der Waals surface area contributed by atoms with Crippen molar-refractivity contribution in [1.82, 2.24) is 10.6 Å². The summed E-state index contributed by atoms with van der Waals surface area (Å²) in [5.41, 5.74) is 1.66. The van der Waals surface area contributed by atoms with E-state index in [-0.39, 0.29) is 30.8 Å². The maximum atomic E-state index is 12.7. The van der Waals surface area contributed by atoms with Crippen molar-refractivity contribution in [2.45, 2.75) is 44.8 Å². The zero-order valence-corrected chi connectivity index (χ0v) is 18.2. The topological polar surface area (TPSA) is 97.0 Å². The minimum atomic E-state index is -0.723. The number of imide groups is 1. The number of hydrogen-bond donors (Lipinski definition) is 2. The molecule has 4 rings (SSSR count). The minimum Gasteiger partial charge on any atom is -0.486 e. The van der Waals surface area contributed by atoms with Crippen molar-refractivity contribution in [3.05, 3.63) is 54.1 Å². The molecule has 2 heterocycles. The highest BCUT2D eigenvalue weighted by Gasteiger charge is 2.39. The van der Waals surface area contributed by atoms with E-state index in [9.17, 15) is 14.4 Å². The molecule has 0 radical (unpaired) electrons. The lowest BCUT2D eigenvalue weighted by Crippen LogP contribution is -2.41. The first-order valence-electron chi connectivity index (χ1n) is 10.8. The lowest BCUT2D eigenvalue weighted by Gasteiger charge is -2.26. The van der Waals surface area contributed by atoms with Crippen molar-refractivity contribution in [3.8, 4) is 11.5 Å². The van der Waals surface area contributed by atoms with Crippen molar-refractivity contribution < 1.29 is 23.9 Å². The van der Waals surface area contributed by atoms with Gasteiger partial charge in [0.15, 0.2) is 11.5 Å². The molecule has 0 aliphatic carbocycles. The normalized spacial score (nSPS) is 19.8. The highest BCUT2D eigenvalue weighted by molar-refractivity contribution is 6.21. The first-order chi connectivity index (χ1) is 15.4. The van der Waals surface area contributed by atoms with E-state index in [1.807, 2.05) is 36.4 Å². The van der Waals surface area contributed by atoms with Gasteiger partial charge in [-0.2, -0.15) is 0 Å². The van der Waals surface area contributed by atoms with E-state index in [0.29, 0.717) is 36.3 Å². The van der Waals surface area contributed by atoms with E-state index in [4.69, 9.17) is 9.47 Å². The Morgan fingerprint density at radius 2 is 1.84 bits per heavy atom. The zero-order valence-electron chi connectivity index (χ0n) is 18.2. The van der Waals surface area contributed by atoms with Crippen molar-refractivity contribution in [2.24, 2.45) is 0 Å². The molecule has 0 bridgehead atoms. The van der Waals surface area contributed by atoms with E-state index in [1.54, 1.807) is 12.1 Å². The SMILES string of the molecule is CC(C)c1ccc(N2C(=O)N[C@H](CCC(=O)NCC3COc4ccccc4O3)C2=O)cc1. The standard InChI is InChI=1S/C24H27N3O5/c1-15(2)16-7-9-17(10-8-16)27-23(29)19(26-24(27)30)11-12-22(28)25-13-18-14-31-20-5-3-4-6-21(20)32-18/h3-10,15,18-19H,11-14H2,1-2H3,(H,25,28)(H,26,30)/t18?,19-/m1/s1. The van der Waals surface area contributed by atoms with Gasteiger partial charge >= 0.3 is 6.03 Å². The third kappa shape index (κ3) is 4.69. The number of para-hydroxylation sites is 2. The van der Waals surface area contributed by atoms with E-state index in [0.717, 1.165) is 10.5 Å². The van der Waals surface area contributed by atoms with Crippen molar-refractivity contribution in [1.29, 1.82) is 0 Å². The Kier molecular flexibility index (Phi) is 6.30. The van der Waals surface area contributed by atoms with Gasteiger partial charge in [-0.15, -0.1) is 0 Å². The number of rotatable bonds is 7. The highest BCUT2D eigenvalue weighted by atomic mass is 16.6. The quantitative estimate of drug-likeness (QED) is 0.649. The third-order valence-corrected chi connectivity index (χ3v) is 5.59. The van der Waals surface area contributed by atoms with E-state index < -0.39 is 12.1 Å². The Labute approximate surface area is 186 Å². The summed E-state index contributed by atoms with van der Waals surface area (Å²) < 4.78 is 11.5. The van der Waals surface area contributed by atoms with Gasteiger partial charge in [0.1, 0.15) is 18.8 Å². The Morgan fingerprint density at radius 1 is 1.12 bits per heavy atom. The fourth-order valence-corrected chi connectivity index (χ4v) is 3.73. The molecule has 8 nitrogen and oxygen atoms in total. The first-order valence-corrected chi connectivity index (χ1v) is 10.8. The molecule has 0 aromatic heterocycles. The summed E-state index contributed by atoms with van der Waals surface area (Å²) in [6.07, 6.45) is 0.0500. The number of carbonyl (C=O) groups excluding carboxylic acids is 3. The number of ether oxygens (including phenoxy) is 2. The summed E-state index contributed by atoms with van der Waals surface area (Å²) in [4.78, 5) is 38.5. The molecule has 2 aliphatic rings. The molecule has 2 aromatic rings. The second-order valence-corrected chi connectivity index (χ2v) is 8.26. The van der Waals surface area contributed by atoms with Crippen LogP contribution in [-0.4, -0.2) is 43.1 Å². The molecule has 0 spiro atoms. The van der Waals surface area contributed by atoms with Gasteiger partial charge in [-0.3, -0.25) is 9.59 Å². The van der Waals surface area contributed by atoms with Gasteiger partial charge in [-0.25, -0.2) is 9.69 Å². The molecule has 2 atom stereocenters. The molecular weight excluding hydrogens is 410 g/mol. The largest absolute Gasteiger partial charge is 0.486 e. The van der Waals surface area contributed by atoms with Crippen LogP contribution in [-0.2, 0) is 9.59 Å². The van der Waals surface area contributed by atoms with Gasteiger partial charge < -0.3 is 20.1 Å². The molecule has 1 fully saturated rings. The molecule has 168 valence electrons. The van der Waals surface area contributed by atoms with Gasteiger partial charge in [0, 0.05) is 6.42 Å². The minimum absolute atomic E-state index is 0.112. The van der Waals surface area contributed by atoms with Crippen LogP contribution in [0.2, 0.25) is 0 Å². The molecule has 2 aromatic carbocycles. The highest BCUT2D eigenvalue weighted by Crippen LogP contribution is 2.30. The number of fused-ring (bicyclic) bond motifs is 1. The summed E-state index contributed by atoms with van der Waals surface area (Å²) in [6, 6.07) is 13.6. The Bertz CT molecular complexity index is 1000. The Morgan fingerprint density at radius 3 is 2.56 bits per heavy atom. The van der Waals surface area contributed by atoms with Gasteiger partial charge in [-0.1, -0.05) is 38.1 Å². The summed E-state index contributed by atoms with van der Waals surface area (Å²) >= 11 is 0. The predicted molar refractivity (Wildman–Crippen MR) is 119 cm³/mol. The molecule has 4 amide bonds. The van der Waals surface area contributed by atoms with Crippen LogP contribution in [0.3, 0.4) is 0 Å². The van der Waals surface area contributed by atoms with Gasteiger partial charge in [0.25, 0.3) is 5.91 Å². The molecule has 2 aliphatic heterocycles. The van der Waals surface area contributed by atoms with E-state index in [1.165, 1.54) is 0 Å². The average molecular weight is 437 g/mol. The van der Waals surface area contributed by atoms with Crippen LogP contribution in [0.5, 0.6) is 11.5 Å². The van der Waals surface area contributed by atoms with Crippen LogP contribution in [0.4, 0.5) is 10.5 Å². The third-order valence-electron chi connectivity index (χ3n) is 5.59. The first kappa shape index (κ1) is 21.7. The van der Waals surface area contributed by atoms with Crippen molar-refractivity contribution >= 4 is 23.5 Å². The van der Waals surface area contributed by atoms with Gasteiger partial charge in [0.05, 0.1) is 12.2 Å². The molecule has 32 heavy (non-hydrogen) atoms. The number of urea groups is 1. The smallest absolute Gasteiger partial charge is 0.329 e. The summed E-state index contributed by atoms with van der Waals surface area (Å²) in [5.74, 6) is 1.14. The van der Waals surface area contributed by atoms with Crippen molar-refractivity contribution in [3.63, 3.8) is 0 Å². The summed E-state index contributed by atoms with van der Waals surface area (Å²) in [5, 5.41) is 5.49. The molecule has 2 N–H and O–H groups in total. The lowest BCUT2D eigenvalue weighted by atomic mass is 10.0. The number of nitrogens with one attached hydrogen (secondary N) is 2. The lowest BCUT2D eigenvalue weighted by molar-refractivity contribution is -0.122. The van der Waals surface area contributed by atoms with Crippen LogP contribution in [0.25, 0.3) is 0 Å². The number of hydrogen-bond acceptors (Lipinski definition) is 5. The number of benzene rings is 2. The maximum absolute atomic E-state index is 12.7. The van der Waals surface area contributed by atoms with Crippen LogP contribution in [0.1, 0.15) is 38.2 Å². The van der Waals surface area contributed by atoms with Crippen LogP contribution in [0.15, 0.2) is 48.5 Å². The van der Waals surface area contributed by atoms with Crippen LogP contribution < -0.4 is 25.0 Å². The van der Waals surface area contributed by atoms with E-state index in [2.05, 4.69) is 24.5 Å². The number of nitrogens with zero attached hydrogens (tertiary/aromatic N) is 1. The monoisotopic (exact) mass is 437 g/mol. The fourth-order valence-electron chi connectivity index (χ4n) is 3.73. The predicted octanol–water partition coefficient (Wildman–Crippen LogP) is 2.97. The fraction of sp³-hybridized carbons (Fsp3) is 0.375. The molecule has 1 unspecified atom stereocenters. The summed E-state index contributed by atoms with van der Waals surface area (Å²) in [6.45, 7) is 4.80. The maximum Gasteiger partial charge on any atom is 0.329 e. The molecule has 0 saturated carbocycles. The Hall–Kier alpha value is -3.55. The second kappa shape index (κ2) is 9.30. The molecule has 8 heteroatoms. The van der Waals surface area contributed by atoms with Gasteiger partial charge in [0.2, 0.25) is 5.91 Å². The number of anilines is 1.